The van der Waals surface area contributed by atoms with Crippen molar-refractivity contribution in [3.05, 3.63) is 21.5 Å². The van der Waals surface area contributed by atoms with Crippen LogP contribution in [0.5, 0.6) is 0 Å². The highest BCUT2D eigenvalue weighted by atomic mass is 79.9. The molecule has 1 aromatic heterocycles. The Hall–Kier alpha value is -0.480. The average Bonchev–Trinajstić information content (AvgIpc) is 2.13. The van der Waals surface area contributed by atoms with Gasteiger partial charge in [-0.2, -0.15) is 0 Å². The number of nitrogens with two attached hydrogens (primary N) is 1. The number of furan rings is 1. The Kier molecular flexibility index (Phi) is 2.01. The van der Waals surface area contributed by atoms with Crippen LogP contribution < -0.4 is 5.73 Å². The van der Waals surface area contributed by atoms with Gasteiger partial charge in [0.1, 0.15) is 0 Å². The van der Waals surface area contributed by atoms with Crippen LogP contribution in [0, 0.1) is 0 Å². The number of amides is 1. The Balaban J connectivity index is 3.10. The molecule has 0 aromatic carbocycles. The van der Waals surface area contributed by atoms with Gasteiger partial charge in [0.2, 0.25) is 5.22 Å². The standard InChI is InChI=1S/C5H3BrClNO2/c6-2-1-3(5(8)9)10-4(2)7/h1H,(H2,8,9). The number of rotatable bonds is 1. The van der Waals surface area contributed by atoms with E-state index in [4.69, 9.17) is 21.8 Å². The predicted octanol–water partition coefficient (Wildman–Crippen LogP) is 1.79. The number of hydrogen-bond donors (Lipinski definition) is 1. The van der Waals surface area contributed by atoms with Gasteiger partial charge in [-0.1, -0.05) is 0 Å². The summed E-state index contributed by atoms with van der Waals surface area (Å²) in [7, 11) is 0. The Labute approximate surface area is 70.3 Å². The fraction of sp³-hybridized carbons (Fsp3) is 0. The Bertz CT molecular complexity index is 251. The maximum atomic E-state index is 10.4. The monoisotopic (exact) mass is 223 g/mol. The molecular formula is C5H3BrClNO2. The number of halogens is 2. The molecule has 1 amide bonds. The van der Waals surface area contributed by atoms with Crippen molar-refractivity contribution in [3.8, 4) is 0 Å². The zero-order valence-electron chi connectivity index (χ0n) is 4.73. The van der Waals surface area contributed by atoms with E-state index in [0.29, 0.717) is 4.47 Å². The van der Waals surface area contributed by atoms with Crippen LogP contribution in [0.3, 0.4) is 0 Å². The van der Waals surface area contributed by atoms with E-state index in [1.165, 1.54) is 6.07 Å². The van der Waals surface area contributed by atoms with Crippen LogP contribution in [0.4, 0.5) is 0 Å². The molecule has 0 aliphatic carbocycles. The van der Waals surface area contributed by atoms with Gasteiger partial charge in [0.15, 0.2) is 5.76 Å². The van der Waals surface area contributed by atoms with Crippen LogP contribution in [-0.2, 0) is 0 Å². The SMILES string of the molecule is NC(=O)c1cc(Br)c(Cl)o1. The second-order valence-electron chi connectivity index (χ2n) is 1.60. The summed E-state index contributed by atoms with van der Waals surface area (Å²) in [5.74, 6) is -0.579. The topological polar surface area (TPSA) is 56.2 Å². The summed E-state index contributed by atoms with van der Waals surface area (Å²) < 4.78 is 5.25. The third-order valence-corrected chi connectivity index (χ3v) is 1.99. The van der Waals surface area contributed by atoms with E-state index in [2.05, 4.69) is 15.9 Å². The van der Waals surface area contributed by atoms with E-state index in [1.807, 2.05) is 0 Å². The van der Waals surface area contributed by atoms with Crippen molar-refractivity contribution in [1.82, 2.24) is 0 Å². The first-order chi connectivity index (χ1) is 4.61. The minimum Gasteiger partial charge on any atom is -0.438 e. The molecule has 1 aromatic rings. The molecule has 1 rings (SSSR count). The molecule has 0 aliphatic heterocycles. The van der Waals surface area contributed by atoms with Crippen molar-refractivity contribution in [2.24, 2.45) is 5.73 Å². The van der Waals surface area contributed by atoms with Crippen molar-refractivity contribution >= 4 is 33.4 Å². The minimum atomic E-state index is -0.632. The van der Waals surface area contributed by atoms with Crippen LogP contribution in [-0.4, -0.2) is 5.91 Å². The molecule has 0 radical (unpaired) electrons. The second-order valence-corrected chi connectivity index (χ2v) is 2.79. The van der Waals surface area contributed by atoms with Crippen molar-refractivity contribution < 1.29 is 9.21 Å². The number of carbonyl (C=O) groups excluding carboxylic acids is 1. The highest BCUT2D eigenvalue weighted by molar-refractivity contribution is 9.10. The lowest BCUT2D eigenvalue weighted by molar-refractivity contribution is 0.0974. The smallest absolute Gasteiger partial charge is 0.284 e. The fourth-order valence-corrected chi connectivity index (χ4v) is 0.895. The largest absolute Gasteiger partial charge is 0.438 e. The Morgan fingerprint density at radius 1 is 1.80 bits per heavy atom. The maximum Gasteiger partial charge on any atom is 0.284 e. The summed E-state index contributed by atoms with van der Waals surface area (Å²) in [5, 5.41) is 0.133. The molecule has 1 heterocycles. The molecule has 10 heavy (non-hydrogen) atoms. The van der Waals surface area contributed by atoms with Crippen LogP contribution in [0.1, 0.15) is 10.6 Å². The van der Waals surface area contributed by atoms with Gasteiger partial charge in [-0.05, 0) is 27.5 Å². The summed E-state index contributed by atoms with van der Waals surface area (Å²) >= 11 is 8.50. The summed E-state index contributed by atoms with van der Waals surface area (Å²) in [6.45, 7) is 0. The van der Waals surface area contributed by atoms with Crippen molar-refractivity contribution in [2.45, 2.75) is 0 Å². The quantitative estimate of drug-likeness (QED) is 0.791. The van der Waals surface area contributed by atoms with Gasteiger partial charge in [0, 0.05) is 6.07 Å². The predicted molar refractivity (Wildman–Crippen MR) is 39.9 cm³/mol. The van der Waals surface area contributed by atoms with E-state index in [1.54, 1.807) is 0 Å². The van der Waals surface area contributed by atoms with Gasteiger partial charge in [-0.3, -0.25) is 4.79 Å². The molecule has 0 unspecified atom stereocenters. The molecule has 54 valence electrons. The summed E-state index contributed by atoms with van der Waals surface area (Å²) in [6.07, 6.45) is 0. The van der Waals surface area contributed by atoms with Gasteiger partial charge in [0.05, 0.1) is 4.47 Å². The summed E-state index contributed by atoms with van der Waals surface area (Å²) in [6, 6.07) is 1.42. The second kappa shape index (κ2) is 2.64. The Morgan fingerprint density at radius 2 is 2.40 bits per heavy atom. The molecule has 0 saturated heterocycles. The average molecular weight is 224 g/mol. The van der Waals surface area contributed by atoms with Crippen LogP contribution in [0.25, 0.3) is 0 Å². The zero-order valence-corrected chi connectivity index (χ0v) is 7.07. The fourth-order valence-electron chi connectivity index (χ4n) is 0.468. The van der Waals surface area contributed by atoms with E-state index >= 15 is 0 Å². The molecule has 5 heteroatoms. The lowest BCUT2D eigenvalue weighted by atomic mass is 10.4. The zero-order chi connectivity index (χ0) is 7.72. The lowest BCUT2D eigenvalue weighted by Gasteiger charge is -1.82. The van der Waals surface area contributed by atoms with E-state index in [0.717, 1.165) is 0 Å². The number of hydrogen-bond acceptors (Lipinski definition) is 2. The highest BCUT2D eigenvalue weighted by Crippen LogP contribution is 2.25. The number of primary amides is 1. The van der Waals surface area contributed by atoms with Crippen molar-refractivity contribution in [3.63, 3.8) is 0 Å². The molecule has 0 fully saturated rings. The first-order valence-corrected chi connectivity index (χ1v) is 3.53. The number of carbonyl (C=O) groups is 1. The first-order valence-electron chi connectivity index (χ1n) is 2.36. The van der Waals surface area contributed by atoms with E-state index in [9.17, 15) is 4.79 Å². The molecule has 0 spiro atoms. The van der Waals surface area contributed by atoms with Crippen molar-refractivity contribution in [1.29, 1.82) is 0 Å². The van der Waals surface area contributed by atoms with E-state index < -0.39 is 5.91 Å². The third kappa shape index (κ3) is 1.33. The molecule has 3 nitrogen and oxygen atoms in total. The van der Waals surface area contributed by atoms with Gasteiger partial charge in [-0.15, -0.1) is 0 Å². The first kappa shape index (κ1) is 7.63. The van der Waals surface area contributed by atoms with Gasteiger partial charge >= 0.3 is 0 Å². The van der Waals surface area contributed by atoms with Gasteiger partial charge in [0.25, 0.3) is 5.91 Å². The highest BCUT2D eigenvalue weighted by Gasteiger charge is 2.09. The maximum absolute atomic E-state index is 10.4. The summed E-state index contributed by atoms with van der Waals surface area (Å²) in [4.78, 5) is 10.4. The minimum absolute atomic E-state index is 0.0527. The third-order valence-electron chi connectivity index (χ3n) is 0.888. The van der Waals surface area contributed by atoms with Crippen LogP contribution >= 0.6 is 27.5 Å². The van der Waals surface area contributed by atoms with Gasteiger partial charge in [-0.25, -0.2) is 0 Å². The molecule has 2 N–H and O–H groups in total. The molecule has 0 saturated carbocycles. The summed E-state index contributed by atoms with van der Waals surface area (Å²) in [5.41, 5.74) is 4.88. The Morgan fingerprint density at radius 3 is 2.60 bits per heavy atom. The van der Waals surface area contributed by atoms with Crippen molar-refractivity contribution in [2.75, 3.05) is 0 Å². The molecule has 0 bridgehead atoms. The lowest BCUT2D eigenvalue weighted by Crippen LogP contribution is -2.08. The molecule has 0 aliphatic rings. The molecule has 0 atom stereocenters. The van der Waals surface area contributed by atoms with Gasteiger partial charge < -0.3 is 10.2 Å². The van der Waals surface area contributed by atoms with Crippen LogP contribution in [0.2, 0.25) is 5.22 Å². The normalized spacial score (nSPS) is 9.80. The molecular weight excluding hydrogens is 221 g/mol. The van der Waals surface area contributed by atoms with Crippen LogP contribution in [0.15, 0.2) is 15.0 Å². The van der Waals surface area contributed by atoms with E-state index in [-0.39, 0.29) is 11.0 Å².